The Morgan fingerprint density at radius 3 is 2.39 bits per heavy atom. The van der Waals surface area contributed by atoms with Crippen LogP contribution in [0.3, 0.4) is 0 Å². The molecule has 0 saturated heterocycles. The summed E-state index contributed by atoms with van der Waals surface area (Å²) >= 11 is 0. The number of carbonyl (C=O) groups excluding carboxylic acids is 1. The Labute approximate surface area is 197 Å². The van der Waals surface area contributed by atoms with Crippen molar-refractivity contribution in [3.63, 3.8) is 0 Å². The minimum absolute atomic E-state index is 0. The lowest BCUT2D eigenvalue weighted by atomic mass is 10.1. The van der Waals surface area contributed by atoms with Crippen LogP contribution in [-0.4, -0.2) is 39.8 Å². The van der Waals surface area contributed by atoms with E-state index in [-0.39, 0.29) is 36.3 Å². The molecule has 10 heteroatoms. The number of hydrogen-bond acceptors (Lipinski definition) is 5. The SMILES string of the molecule is CN=C(NCc1ccc(C(=O)OC)c(OC)c1)NCc1cc(C)ccc1OC(F)F.I. The zero-order chi connectivity index (χ0) is 22.1. The monoisotopic (exact) mass is 549 g/mol. The molecule has 0 amide bonds. The highest BCUT2D eigenvalue weighted by Crippen LogP contribution is 2.22. The summed E-state index contributed by atoms with van der Waals surface area (Å²) in [5.74, 6) is 0.499. The zero-order valence-electron chi connectivity index (χ0n) is 17.7. The first-order valence-corrected chi connectivity index (χ1v) is 9.12. The molecule has 0 fully saturated rings. The van der Waals surface area contributed by atoms with Crippen molar-refractivity contribution in [3.8, 4) is 11.5 Å². The van der Waals surface area contributed by atoms with E-state index < -0.39 is 12.6 Å². The molecule has 0 aliphatic carbocycles. The first-order valence-electron chi connectivity index (χ1n) is 9.12. The van der Waals surface area contributed by atoms with Crippen LogP contribution in [0.25, 0.3) is 0 Å². The second kappa shape index (κ2) is 12.9. The van der Waals surface area contributed by atoms with Crippen molar-refractivity contribution in [1.82, 2.24) is 10.6 Å². The molecule has 2 aromatic carbocycles. The predicted octanol–water partition coefficient (Wildman–Crippen LogP) is 3.87. The van der Waals surface area contributed by atoms with Gasteiger partial charge in [-0.05, 0) is 30.7 Å². The zero-order valence-corrected chi connectivity index (χ0v) is 20.0. The maximum absolute atomic E-state index is 12.6. The van der Waals surface area contributed by atoms with Crippen LogP contribution in [-0.2, 0) is 17.8 Å². The number of alkyl halides is 2. The summed E-state index contributed by atoms with van der Waals surface area (Å²) in [6, 6.07) is 10.1. The van der Waals surface area contributed by atoms with Crippen molar-refractivity contribution in [1.29, 1.82) is 0 Å². The average molecular weight is 549 g/mol. The van der Waals surface area contributed by atoms with Crippen molar-refractivity contribution in [2.45, 2.75) is 26.6 Å². The molecule has 7 nitrogen and oxygen atoms in total. The van der Waals surface area contributed by atoms with Crippen LogP contribution in [0, 0.1) is 6.92 Å². The number of hydrogen-bond donors (Lipinski definition) is 2. The number of ether oxygens (including phenoxy) is 3. The van der Waals surface area contributed by atoms with Gasteiger partial charge >= 0.3 is 12.6 Å². The third kappa shape index (κ3) is 7.85. The number of nitrogens with zero attached hydrogens (tertiary/aromatic N) is 1. The molecule has 0 aromatic heterocycles. The number of carbonyl (C=O) groups is 1. The van der Waals surface area contributed by atoms with Gasteiger partial charge in [0.05, 0.1) is 14.2 Å². The molecule has 2 N–H and O–H groups in total. The van der Waals surface area contributed by atoms with Crippen LogP contribution >= 0.6 is 24.0 Å². The van der Waals surface area contributed by atoms with Gasteiger partial charge in [0.25, 0.3) is 0 Å². The van der Waals surface area contributed by atoms with Crippen molar-refractivity contribution in [3.05, 3.63) is 58.7 Å². The van der Waals surface area contributed by atoms with Crippen LogP contribution in [0.5, 0.6) is 11.5 Å². The first-order chi connectivity index (χ1) is 14.4. The third-order valence-electron chi connectivity index (χ3n) is 4.23. The smallest absolute Gasteiger partial charge is 0.387 e. The highest BCUT2D eigenvalue weighted by atomic mass is 127. The Balaban J connectivity index is 0.00000480. The first kappa shape index (κ1) is 26.4. The molecule has 0 aliphatic rings. The molecule has 0 radical (unpaired) electrons. The minimum atomic E-state index is -2.90. The molecule has 0 saturated carbocycles. The molecule has 0 atom stereocenters. The van der Waals surface area contributed by atoms with E-state index in [1.54, 1.807) is 37.4 Å². The molecule has 0 spiro atoms. The van der Waals surface area contributed by atoms with E-state index in [0.29, 0.717) is 29.4 Å². The number of rotatable bonds is 8. The molecule has 170 valence electrons. The van der Waals surface area contributed by atoms with E-state index in [0.717, 1.165) is 11.1 Å². The summed E-state index contributed by atoms with van der Waals surface area (Å²) in [5, 5.41) is 6.20. The lowest BCUT2D eigenvalue weighted by Gasteiger charge is -2.16. The fourth-order valence-electron chi connectivity index (χ4n) is 2.77. The molecule has 2 aromatic rings. The van der Waals surface area contributed by atoms with Crippen molar-refractivity contribution in [2.24, 2.45) is 4.99 Å². The Bertz CT molecular complexity index is 910. The van der Waals surface area contributed by atoms with Gasteiger partial charge in [0, 0.05) is 25.7 Å². The van der Waals surface area contributed by atoms with E-state index in [1.807, 2.05) is 6.92 Å². The maximum Gasteiger partial charge on any atom is 0.387 e. The predicted molar refractivity (Wildman–Crippen MR) is 125 cm³/mol. The number of aliphatic imine (C=N–C) groups is 1. The van der Waals surface area contributed by atoms with Gasteiger partial charge in [-0.3, -0.25) is 4.99 Å². The maximum atomic E-state index is 12.6. The highest BCUT2D eigenvalue weighted by Gasteiger charge is 2.14. The summed E-state index contributed by atoms with van der Waals surface area (Å²) in [4.78, 5) is 15.9. The van der Waals surface area contributed by atoms with E-state index in [9.17, 15) is 13.6 Å². The van der Waals surface area contributed by atoms with Gasteiger partial charge < -0.3 is 24.8 Å². The fraction of sp³-hybridized carbons (Fsp3) is 0.333. The number of benzene rings is 2. The van der Waals surface area contributed by atoms with Crippen molar-refractivity contribution < 1.29 is 27.8 Å². The summed E-state index contributed by atoms with van der Waals surface area (Å²) < 4.78 is 39.8. The molecule has 2 rings (SSSR count). The molecular weight excluding hydrogens is 523 g/mol. The van der Waals surface area contributed by atoms with Gasteiger partial charge in [-0.2, -0.15) is 8.78 Å². The lowest BCUT2D eigenvalue weighted by Crippen LogP contribution is -2.36. The summed E-state index contributed by atoms with van der Waals surface area (Å²) in [6.45, 7) is -0.389. The van der Waals surface area contributed by atoms with E-state index in [1.165, 1.54) is 20.3 Å². The molecule has 31 heavy (non-hydrogen) atoms. The van der Waals surface area contributed by atoms with Gasteiger partial charge in [0.15, 0.2) is 5.96 Å². The molecule has 0 heterocycles. The standard InChI is InChI=1S/C21H25F2N3O4.HI/c1-13-5-8-17(30-20(22)23)15(9-13)12-26-21(24-2)25-11-14-6-7-16(19(27)29-4)18(10-14)28-3;/h5-10,20H,11-12H2,1-4H3,(H2,24,25,26);1H. The number of aryl methyl sites for hydroxylation is 1. The van der Waals surface area contributed by atoms with Gasteiger partial charge in [-0.1, -0.05) is 23.8 Å². The lowest BCUT2D eigenvalue weighted by molar-refractivity contribution is -0.0504. The second-order valence-corrected chi connectivity index (χ2v) is 6.30. The Morgan fingerprint density at radius 2 is 1.77 bits per heavy atom. The van der Waals surface area contributed by atoms with Gasteiger partial charge in [0.1, 0.15) is 17.1 Å². The fourth-order valence-corrected chi connectivity index (χ4v) is 2.77. The molecular formula is C21H26F2IN3O4. The Kier molecular flexibility index (Phi) is 11.0. The normalized spacial score (nSPS) is 10.9. The number of guanidine groups is 1. The molecule has 0 unspecified atom stereocenters. The van der Waals surface area contributed by atoms with Crippen LogP contribution in [0.4, 0.5) is 8.78 Å². The third-order valence-corrected chi connectivity index (χ3v) is 4.23. The average Bonchev–Trinajstić information content (AvgIpc) is 2.74. The minimum Gasteiger partial charge on any atom is -0.496 e. The van der Waals surface area contributed by atoms with Gasteiger partial charge in [-0.15, -0.1) is 24.0 Å². The second-order valence-electron chi connectivity index (χ2n) is 6.30. The van der Waals surface area contributed by atoms with Crippen LogP contribution in [0.1, 0.15) is 27.0 Å². The molecule has 0 bridgehead atoms. The van der Waals surface area contributed by atoms with Crippen LogP contribution in [0.2, 0.25) is 0 Å². The summed E-state index contributed by atoms with van der Waals surface area (Å²) in [6.07, 6.45) is 0. The number of methoxy groups -OCH3 is 2. The number of halogens is 3. The number of esters is 1. The summed E-state index contributed by atoms with van der Waals surface area (Å²) in [7, 11) is 4.38. The van der Waals surface area contributed by atoms with Crippen molar-refractivity contribution in [2.75, 3.05) is 21.3 Å². The van der Waals surface area contributed by atoms with Crippen molar-refractivity contribution >= 4 is 35.9 Å². The Hall–Kier alpha value is -2.63. The molecule has 0 aliphatic heterocycles. The number of nitrogens with one attached hydrogen (secondary N) is 2. The summed E-state index contributed by atoms with van der Waals surface area (Å²) in [5.41, 5.74) is 2.69. The van der Waals surface area contributed by atoms with Crippen LogP contribution in [0.15, 0.2) is 41.4 Å². The van der Waals surface area contributed by atoms with E-state index in [4.69, 9.17) is 9.47 Å². The van der Waals surface area contributed by atoms with Crippen LogP contribution < -0.4 is 20.1 Å². The van der Waals surface area contributed by atoms with E-state index in [2.05, 4.69) is 20.4 Å². The van der Waals surface area contributed by atoms with Gasteiger partial charge in [-0.25, -0.2) is 4.79 Å². The Morgan fingerprint density at radius 1 is 1.06 bits per heavy atom. The van der Waals surface area contributed by atoms with E-state index >= 15 is 0 Å². The topological polar surface area (TPSA) is 81.2 Å². The largest absolute Gasteiger partial charge is 0.496 e. The highest BCUT2D eigenvalue weighted by molar-refractivity contribution is 14.0. The van der Waals surface area contributed by atoms with Gasteiger partial charge in [0.2, 0.25) is 0 Å². The quantitative estimate of drug-likeness (QED) is 0.225.